The highest BCUT2D eigenvalue weighted by Crippen LogP contribution is 2.19. The number of para-hydroxylation sites is 1. The number of hydrogen-bond acceptors (Lipinski definition) is 5. The maximum absolute atomic E-state index is 5.50. The smallest absolute Gasteiger partial charge is 0.194 e. The second-order valence-corrected chi connectivity index (χ2v) is 7.82. The van der Waals surface area contributed by atoms with Gasteiger partial charge in [0.05, 0.1) is 7.11 Å². The Balaban J connectivity index is 1.72. The van der Waals surface area contributed by atoms with Crippen LogP contribution in [0.3, 0.4) is 0 Å². The van der Waals surface area contributed by atoms with Gasteiger partial charge in [-0.05, 0) is 30.9 Å². The predicted octanol–water partition coefficient (Wildman–Crippen LogP) is 3.01. The summed E-state index contributed by atoms with van der Waals surface area (Å²) in [6.07, 6.45) is 0.961. The Kier molecular flexibility index (Phi) is 7.24. The predicted molar refractivity (Wildman–Crippen MR) is 117 cm³/mol. The van der Waals surface area contributed by atoms with E-state index in [2.05, 4.69) is 44.0 Å². The molecule has 3 rings (SSSR count). The fourth-order valence-electron chi connectivity index (χ4n) is 2.96. The number of thiophene rings is 1. The minimum atomic E-state index is 0.467. The van der Waals surface area contributed by atoms with Crippen molar-refractivity contribution in [2.24, 2.45) is 12.0 Å². The van der Waals surface area contributed by atoms with Crippen LogP contribution < -0.4 is 10.1 Å². The van der Waals surface area contributed by atoms with Gasteiger partial charge in [0.15, 0.2) is 11.8 Å². The van der Waals surface area contributed by atoms with Crippen molar-refractivity contribution >= 4 is 17.3 Å². The van der Waals surface area contributed by atoms with Crippen LogP contribution in [-0.4, -0.2) is 46.3 Å². The lowest BCUT2D eigenvalue weighted by Gasteiger charge is -2.23. The molecule has 0 unspecified atom stereocenters. The second kappa shape index (κ2) is 10.1. The van der Waals surface area contributed by atoms with E-state index in [0.29, 0.717) is 13.1 Å². The molecule has 0 spiro atoms. The van der Waals surface area contributed by atoms with Crippen molar-refractivity contribution in [3.05, 3.63) is 63.9 Å². The summed E-state index contributed by atoms with van der Waals surface area (Å²) in [7, 11) is 5.69. The first-order valence-corrected chi connectivity index (χ1v) is 10.4. The Bertz CT molecular complexity index is 935. The van der Waals surface area contributed by atoms with Crippen LogP contribution in [0.2, 0.25) is 0 Å². The molecule has 1 N–H and O–H groups in total. The first-order valence-electron chi connectivity index (χ1n) is 9.57. The summed E-state index contributed by atoms with van der Waals surface area (Å²) in [5.74, 6) is 3.42. The summed E-state index contributed by atoms with van der Waals surface area (Å²) < 4.78 is 7.46. The van der Waals surface area contributed by atoms with Gasteiger partial charge in [-0.15, -0.1) is 21.5 Å². The van der Waals surface area contributed by atoms with Gasteiger partial charge < -0.3 is 19.5 Å². The summed E-state index contributed by atoms with van der Waals surface area (Å²) in [6, 6.07) is 12.3. The van der Waals surface area contributed by atoms with Crippen molar-refractivity contribution < 1.29 is 4.74 Å². The number of nitrogens with one attached hydrogen (secondary N) is 1. The molecule has 0 radical (unpaired) electrons. The molecule has 154 valence electrons. The lowest BCUT2D eigenvalue weighted by Crippen LogP contribution is -2.39. The number of guanidine groups is 1. The fourth-order valence-corrected chi connectivity index (χ4v) is 3.67. The maximum Gasteiger partial charge on any atom is 0.194 e. The number of aromatic nitrogens is 3. The molecule has 0 atom stereocenters. The minimum Gasteiger partial charge on any atom is -0.496 e. The summed E-state index contributed by atoms with van der Waals surface area (Å²) in [4.78, 5) is 8.27. The van der Waals surface area contributed by atoms with Crippen LogP contribution >= 0.6 is 11.3 Å². The van der Waals surface area contributed by atoms with Crippen LogP contribution in [0.15, 0.2) is 46.8 Å². The van der Waals surface area contributed by atoms with Gasteiger partial charge in [-0.1, -0.05) is 24.3 Å². The highest BCUT2D eigenvalue weighted by Gasteiger charge is 2.12. The summed E-state index contributed by atoms with van der Waals surface area (Å²) >= 11 is 1.77. The highest BCUT2D eigenvalue weighted by atomic mass is 32.1. The van der Waals surface area contributed by atoms with Crippen LogP contribution in [0.25, 0.3) is 0 Å². The largest absolute Gasteiger partial charge is 0.496 e. The van der Waals surface area contributed by atoms with Gasteiger partial charge in [0.1, 0.15) is 18.1 Å². The van der Waals surface area contributed by atoms with Gasteiger partial charge in [0.2, 0.25) is 0 Å². The maximum atomic E-state index is 5.50. The zero-order valence-electron chi connectivity index (χ0n) is 17.4. The Hall–Kier alpha value is -2.87. The van der Waals surface area contributed by atoms with Crippen molar-refractivity contribution in [1.29, 1.82) is 0 Å². The van der Waals surface area contributed by atoms with Crippen molar-refractivity contribution in [3.8, 4) is 5.75 Å². The standard InChI is InChI=1S/C21H28N6OS/c1-16-24-25-20(27(16)3)14-23-21(22-12-11-18-9-7-13-29-18)26(2)15-17-8-5-6-10-19(17)28-4/h5-10,13H,11-12,14-15H2,1-4H3,(H,22,23). The summed E-state index contributed by atoms with van der Waals surface area (Å²) in [5.41, 5.74) is 1.11. The minimum absolute atomic E-state index is 0.467. The lowest BCUT2D eigenvalue weighted by atomic mass is 10.2. The highest BCUT2D eigenvalue weighted by molar-refractivity contribution is 7.09. The number of hydrogen-bond donors (Lipinski definition) is 1. The monoisotopic (exact) mass is 412 g/mol. The molecule has 0 bridgehead atoms. The Morgan fingerprint density at radius 1 is 1.24 bits per heavy atom. The van der Waals surface area contributed by atoms with E-state index in [9.17, 15) is 0 Å². The molecule has 1 aromatic carbocycles. The van der Waals surface area contributed by atoms with Gasteiger partial charge in [0, 0.05) is 37.6 Å². The molecule has 7 nitrogen and oxygen atoms in total. The summed E-state index contributed by atoms with van der Waals surface area (Å²) in [6.45, 7) is 3.91. The number of methoxy groups -OCH3 is 1. The Morgan fingerprint density at radius 3 is 2.76 bits per heavy atom. The normalized spacial score (nSPS) is 11.5. The van der Waals surface area contributed by atoms with E-state index in [1.165, 1.54) is 4.88 Å². The van der Waals surface area contributed by atoms with Crippen molar-refractivity contribution in [1.82, 2.24) is 25.0 Å². The fraction of sp³-hybridized carbons (Fsp3) is 0.381. The number of rotatable bonds is 8. The van der Waals surface area contributed by atoms with E-state index < -0.39 is 0 Å². The SMILES string of the molecule is COc1ccccc1CN(C)C(=NCc1nnc(C)n1C)NCCc1cccs1. The van der Waals surface area contributed by atoms with E-state index in [0.717, 1.165) is 41.9 Å². The molecule has 0 aliphatic carbocycles. The molecule has 0 aliphatic rings. The number of benzene rings is 1. The number of nitrogens with zero attached hydrogens (tertiary/aromatic N) is 5. The third-order valence-corrected chi connectivity index (χ3v) is 5.69. The number of aryl methyl sites for hydroxylation is 1. The molecular formula is C21H28N6OS. The first kappa shape index (κ1) is 20.9. The molecule has 29 heavy (non-hydrogen) atoms. The van der Waals surface area contributed by atoms with Gasteiger partial charge in [-0.2, -0.15) is 0 Å². The third kappa shape index (κ3) is 5.57. The van der Waals surface area contributed by atoms with E-state index in [1.54, 1.807) is 18.4 Å². The topological polar surface area (TPSA) is 67.6 Å². The van der Waals surface area contributed by atoms with Crippen LogP contribution in [-0.2, 0) is 26.6 Å². The molecular weight excluding hydrogens is 384 g/mol. The van der Waals surface area contributed by atoms with Crippen molar-refractivity contribution in [2.45, 2.75) is 26.4 Å². The van der Waals surface area contributed by atoms with Crippen LogP contribution in [0.4, 0.5) is 0 Å². The molecule has 0 saturated carbocycles. The van der Waals surface area contributed by atoms with E-state index in [4.69, 9.17) is 9.73 Å². The van der Waals surface area contributed by atoms with Gasteiger partial charge in [-0.3, -0.25) is 0 Å². The molecule has 8 heteroatoms. The van der Waals surface area contributed by atoms with Gasteiger partial charge >= 0.3 is 0 Å². The zero-order chi connectivity index (χ0) is 20.6. The lowest BCUT2D eigenvalue weighted by molar-refractivity contribution is 0.396. The van der Waals surface area contributed by atoms with E-state index in [-0.39, 0.29) is 0 Å². The molecule has 2 heterocycles. The van der Waals surface area contributed by atoms with Crippen molar-refractivity contribution in [2.75, 3.05) is 20.7 Å². The van der Waals surface area contributed by atoms with Gasteiger partial charge in [0.25, 0.3) is 0 Å². The van der Waals surface area contributed by atoms with Gasteiger partial charge in [-0.25, -0.2) is 4.99 Å². The quantitative estimate of drug-likeness (QED) is 0.455. The number of aliphatic imine (C=N–C) groups is 1. The third-order valence-electron chi connectivity index (χ3n) is 4.75. The summed E-state index contributed by atoms with van der Waals surface area (Å²) in [5, 5.41) is 13.9. The second-order valence-electron chi connectivity index (χ2n) is 6.79. The number of ether oxygens (including phenoxy) is 1. The zero-order valence-corrected chi connectivity index (χ0v) is 18.2. The van der Waals surface area contributed by atoms with Crippen LogP contribution in [0.5, 0.6) is 5.75 Å². The molecule has 0 fully saturated rings. The molecule has 0 amide bonds. The Labute approximate surface area is 176 Å². The van der Waals surface area contributed by atoms with Crippen molar-refractivity contribution in [3.63, 3.8) is 0 Å². The van der Waals surface area contributed by atoms with Crippen LogP contribution in [0, 0.1) is 6.92 Å². The average molecular weight is 413 g/mol. The molecule has 0 saturated heterocycles. The Morgan fingerprint density at radius 2 is 2.07 bits per heavy atom. The molecule has 3 aromatic rings. The van der Waals surface area contributed by atoms with E-state index >= 15 is 0 Å². The first-order chi connectivity index (χ1) is 14.1. The van der Waals surface area contributed by atoms with E-state index in [1.807, 2.05) is 43.8 Å². The average Bonchev–Trinajstić information content (AvgIpc) is 3.36. The van der Waals surface area contributed by atoms with Crippen LogP contribution in [0.1, 0.15) is 22.1 Å². The molecule has 0 aliphatic heterocycles. The molecule has 2 aromatic heterocycles.